The number of anilines is 1. The van der Waals surface area contributed by atoms with E-state index in [0.717, 1.165) is 26.9 Å². The van der Waals surface area contributed by atoms with Crippen LogP contribution in [0.4, 0.5) is 5.69 Å². The van der Waals surface area contributed by atoms with Crippen LogP contribution in [0.2, 0.25) is 5.02 Å². The number of halogens is 1. The van der Waals surface area contributed by atoms with Gasteiger partial charge in [-0.3, -0.25) is 4.79 Å². The van der Waals surface area contributed by atoms with Crippen LogP contribution in [-0.2, 0) is 20.7 Å². The molecule has 0 unspecified atom stereocenters. The Morgan fingerprint density at radius 1 is 0.933 bits per heavy atom. The lowest BCUT2D eigenvalue weighted by atomic mass is 9.73. The van der Waals surface area contributed by atoms with Gasteiger partial charge in [0.15, 0.2) is 0 Å². The highest BCUT2D eigenvalue weighted by Crippen LogP contribution is 2.37. The lowest BCUT2D eigenvalue weighted by molar-refractivity contribution is -0.125. The van der Waals surface area contributed by atoms with Gasteiger partial charge in [0.1, 0.15) is 0 Å². The minimum Gasteiger partial charge on any atom is -0.381 e. The third-order valence-corrected chi connectivity index (χ3v) is 6.95. The normalized spacial score (nSPS) is 15.5. The number of thioether (sulfide) groups is 1. The Morgan fingerprint density at radius 3 is 2.33 bits per heavy atom. The molecule has 154 valence electrons. The summed E-state index contributed by atoms with van der Waals surface area (Å²) in [7, 11) is 0. The first-order valence-corrected chi connectivity index (χ1v) is 11.4. The first-order valence-electron chi connectivity index (χ1n) is 10.1. The molecule has 0 atom stereocenters. The second kappa shape index (κ2) is 9.69. The predicted octanol–water partition coefficient (Wildman–Crippen LogP) is 6.32. The highest BCUT2D eigenvalue weighted by molar-refractivity contribution is 7.98. The molecule has 3 aromatic carbocycles. The van der Waals surface area contributed by atoms with E-state index in [2.05, 4.69) is 11.4 Å². The molecule has 0 bridgehead atoms. The van der Waals surface area contributed by atoms with Crippen molar-refractivity contribution in [3.05, 3.63) is 95.0 Å². The van der Waals surface area contributed by atoms with E-state index in [-0.39, 0.29) is 5.91 Å². The molecule has 1 fully saturated rings. The number of para-hydroxylation sites is 1. The van der Waals surface area contributed by atoms with Gasteiger partial charge in [-0.2, -0.15) is 0 Å². The van der Waals surface area contributed by atoms with E-state index >= 15 is 0 Å². The largest absolute Gasteiger partial charge is 0.381 e. The molecule has 0 aliphatic carbocycles. The number of hydrogen-bond acceptors (Lipinski definition) is 3. The molecule has 5 heteroatoms. The maximum atomic E-state index is 13.6. The number of amides is 1. The zero-order valence-electron chi connectivity index (χ0n) is 16.6. The lowest BCUT2D eigenvalue weighted by Gasteiger charge is -2.36. The smallest absolute Gasteiger partial charge is 0.235 e. The van der Waals surface area contributed by atoms with Gasteiger partial charge in [-0.1, -0.05) is 66.2 Å². The molecule has 1 N–H and O–H groups in total. The van der Waals surface area contributed by atoms with Gasteiger partial charge in [0.05, 0.1) is 11.1 Å². The van der Waals surface area contributed by atoms with E-state index in [1.54, 1.807) is 11.8 Å². The first-order chi connectivity index (χ1) is 14.7. The molecule has 1 saturated heterocycles. The fourth-order valence-electron chi connectivity index (χ4n) is 3.80. The van der Waals surface area contributed by atoms with Crippen molar-refractivity contribution in [1.29, 1.82) is 0 Å². The zero-order valence-corrected chi connectivity index (χ0v) is 18.2. The van der Waals surface area contributed by atoms with Crippen LogP contribution in [0.25, 0.3) is 0 Å². The zero-order chi connectivity index (χ0) is 20.8. The summed E-state index contributed by atoms with van der Waals surface area (Å²) in [6.45, 7) is 1.19. The maximum absolute atomic E-state index is 13.6. The van der Waals surface area contributed by atoms with E-state index in [9.17, 15) is 4.79 Å². The van der Waals surface area contributed by atoms with Crippen LogP contribution in [0.1, 0.15) is 24.0 Å². The van der Waals surface area contributed by atoms with E-state index in [4.69, 9.17) is 16.3 Å². The van der Waals surface area contributed by atoms with Crippen molar-refractivity contribution in [2.75, 3.05) is 18.5 Å². The van der Waals surface area contributed by atoms with Crippen LogP contribution in [-0.4, -0.2) is 19.1 Å². The highest BCUT2D eigenvalue weighted by Gasteiger charge is 2.41. The molecule has 1 aliphatic heterocycles. The number of benzene rings is 3. The van der Waals surface area contributed by atoms with Crippen molar-refractivity contribution < 1.29 is 9.53 Å². The third-order valence-electron chi connectivity index (χ3n) is 5.55. The minimum atomic E-state index is -0.562. The van der Waals surface area contributed by atoms with Gasteiger partial charge in [0, 0.05) is 28.9 Å². The number of nitrogens with one attached hydrogen (secondary N) is 1. The van der Waals surface area contributed by atoms with Gasteiger partial charge >= 0.3 is 0 Å². The van der Waals surface area contributed by atoms with Gasteiger partial charge in [-0.05, 0) is 48.2 Å². The number of carbonyl (C=O) groups excluding carboxylic acids is 1. The van der Waals surface area contributed by atoms with Crippen LogP contribution in [0.5, 0.6) is 0 Å². The van der Waals surface area contributed by atoms with Crippen molar-refractivity contribution in [3.8, 4) is 0 Å². The molecule has 4 rings (SSSR count). The first kappa shape index (κ1) is 21.0. The standard InChI is InChI=1S/C25H24ClNO2S/c26-21-12-10-19(11-13-21)18-30-23-9-5-4-8-22(23)27-24(28)25(14-16-29-17-15-25)20-6-2-1-3-7-20/h1-13H,14-18H2,(H,27,28). The van der Waals surface area contributed by atoms with Crippen LogP contribution in [0, 0.1) is 0 Å². The van der Waals surface area contributed by atoms with Gasteiger partial charge < -0.3 is 10.1 Å². The Morgan fingerprint density at radius 2 is 1.60 bits per heavy atom. The van der Waals surface area contributed by atoms with E-state index < -0.39 is 5.41 Å². The average molecular weight is 438 g/mol. The molecule has 3 aromatic rings. The molecule has 1 amide bonds. The van der Waals surface area contributed by atoms with Gasteiger partial charge in [0.25, 0.3) is 0 Å². The van der Waals surface area contributed by atoms with Gasteiger partial charge in [0.2, 0.25) is 5.91 Å². The van der Waals surface area contributed by atoms with E-state index in [0.29, 0.717) is 26.1 Å². The Labute approximate surface area is 186 Å². The molecule has 1 heterocycles. The Balaban J connectivity index is 1.54. The van der Waals surface area contributed by atoms with Crippen molar-refractivity contribution in [1.82, 2.24) is 0 Å². The number of ether oxygens (including phenoxy) is 1. The van der Waals surface area contributed by atoms with Crippen molar-refractivity contribution in [3.63, 3.8) is 0 Å². The van der Waals surface area contributed by atoms with Crippen molar-refractivity contribution in [2.45, 2.75) is 28.9 Å². The molecule has 0 radical (unpaired) electrons. The van der Waals surface area contributed by atoms with Gasteiger partial charge in [-0.25, -0.2) is 0 Å². The Hall–Kier alpha value is -2.27. The summed E-state index contributed by atoms with van der Waals surface area (Å²) in [6, 6.07) is 25.9. The summed E-state index contributed by atoms with van der Waals surface area (Å²) >= 11 is 7.69. The molecule has 0 saturated carbocycles. The summed E-state index contributed by atoms with van der Waals surface area (Å²) in [5, 5.41) is 3.96. The quantitative estimate of drug-likeness (QED) is 0.458. The van der Waals surface area contributed by atoms with E-state index in [1.165, 1.54) is 5.56 Å². The highest BCUT2D eigenvalue weighted by atomic mass is 35.5. The lowest BCUT2D eigenvalue weighted by Crippen LogP contribution is -2.44. The van der Waals surface area contributed by atoms with Crippen LogP contribution >= 0.6 is 23.4 Å². The topological polar surface area (TPSA) is 38.3 Å². The van der Waals surface area contributed by atoms with Crippen LogP contribution in [0.15, 0.2) is 83.8 Å². The summed E-state index contributed by atoms with van der Waals surface area (Å²) in [5.74, 6) is 0.846. The van der Waals surface area contributed by atoms with Crippen molar-refractivity contribution in [2.24, 2.45) is 0 Å². The predicted molar refractivity (Wildman–Crippen MR) is 124 cm³/mol. The van der Waals surface area contributed by atoms with Crippen LogP contribution < -0.4 is 5.32 Å². The monoisotopic (exact) mass is 437 g/mol. The average Bonchev–Trinajstić information content (AvgIpc) is 2.80. The molecule has 30 heavy (non-hydrogen) atoms. The fraction of sp³-hybridized carbons (Fsp3) is 0.240. The SMILES string of the molecule is O=C(Nc1ccccc1SCc1ccc(Cl)cc1)C1(c2ccccc2)CCOCC1. The van der Waals surface area contributed by atoms with Gasteiger partial charge in [-0.15, -0.1) is 11.8 Å². The second-order valence-corrected chi connectivity index (χ2v) is 8.88. The molecule has 0 aromatic heterocycles. The Kier molecular flexibility index (Phi) is 6.78. The summed E-state index contributed by atoms with van der Waals surface area (Å²) in [6.07, 6.45) is 1.37. The number of hydrogen-bond donors (Lipinski definition) is 1. The van der Waals surface area contributed by atoms with Crippen LogP contribution in [0.3, 0.4) is 0 Å². The number of carbonyl (C=O) groups is 1. The molecule has 1 aliphatic rings. The summed E-state index contributed by atoms with van der Waals surface area (Å²) in [5.41, 5.74) is 2.53. The fourth-order valence-corrected chi connectivity index (χ4v) is 4.89. The molecular weight excluding hydrogens is 414 g/mol. The molecule has 3 nitrogen and oxygen atoms in total. The second-order valence-electron chi connectivity index (χ2n) is 7.43. The summed E-state index contributed by atoms with van der Waals surface area (Å²) < 4.78 is 5.57. The van der Waals surface area contributed by atoms with Crippen molar-refractivity contribution >= 4 is 35.0 Å². The minimum absolute atomic E-state index is 0.0385. The summed E-state index contributed by atoms with van der Waals surface area (Å²) in [4.78, 5) is 14.6. The number of rotatable bonds is 6. The Bertz CT molecular complexity index is 986. The molecular formula is C25H24ClNO2S. The third kappa shape index (κ3) is 4.72. The van der Waals surface area contributed by atoms with E-state index in [1.807, 2.05) is 72.8 Å². The molecule has 0 spiro atoms. The maximum Gasteiger partial charge on any atom is 0.235 e.